The monoisotopic (exact) mass is 261 g/mol. The number of amides is 1. The van der Waals surface area contributed by atoms with Gasteiger partial charge in [0.15, 0.2) is 0 Å². The third-order valence-electron chi connectivity index (χ3n) is 2.67. The summed E-state index contributed by atoms with van der Waals surface area (Å²) in [6.07, 6.45) is 3.40. The molecule has 0 radical (unpaired) electrons. The molecule has 0 heterocycles. The molecule has 0 spiro atoms. The molecule has 0 fully saturated rings. The number of carbonyl (C=O) groups excluding carboxylic acids is 2. The van der Waals surface area contributed by atoms with Crippen LogP contribution in [0.25, 0.3) is 6.08 Å². The lowest BCUT2D eigenvalue weighted by molar-refractivity contribution is -0.114. The molecule has 0 aliphatic carbocycles. The summed E-state index contributed by atoms with van der Waals surface area (Å²) < 4.78 is 5.17. The maximum absolute atomic E-state index is 11.9. The van der Waals surface area contributed by atoms with Crippen molar-refractivity contribution < 1.29 is 14.3 Å². The Balaban J connectivity index is 2.93. The van der Waals surface area contributed by atoms with Crippen LogP contribution in [-0.4, -0.2) is 18.5 Å². The Labute approximate surface area is 113 Å². The van der Waals surface area contributed by atoms with Crippen molar-refractivity contribution in [3.05, 3.63) is 41.0 Å². The zero-order valence-electron chi connectivity index (χ0n) is 11.3. The van der Waals surface area contributed by atoms with E-state index in [1.807, 2.05) is 6.92 Å². The van der Waals surface area contributed by atoms with E-state index in [-0.39, 0.29) is 5.97 Å². The molecule has 0 unspecified atom stereocenters. The fourth-order valence-electron chi connectivity index (χ4n) is 1.50. The number of unbranched alkanes of at least 4 members (excludes halogenated alkanes) is 1. The SMILES string of the molecule is CCCCOC(=O)c1ccccc1C=C(C)C(N)=O. The topological polar surface area (TPSA) is 69.4 Å². The van der Waals surface area contributed by atoms with Crippen LogP contribution in [0.1, 0.15) is 42.6 Å². The van der Waals surface area contributed by atoms with Gasteiger partial charge in [-0.25, -0.2) is 4.79 Å². The average molecular weight is 261 g/mol. The Morgan fingerprint density at radius 1 is 1.32 bits per heavy atom. The van der Waals surface area contributed by atoms with Crippen LogP contribution < -0.4 is 5.73 Å². The second-order valence-corrected chi connectivity index (χ2v) is 4.27. The Kier molecular flexibility index (Phi) is 5.79. The highest BCUT2D eigenvalue weighted by Crippen LogP contribution is 2.14. The highest BCUT2D eigenvalue weighted by molar-refractivity contribution is 5.99. The molecule has 0 bridgehead atoms. The Morgan fingerprint density at radius 3 is 2.63 bits per heavy atom. The van der Waals surface area contributed by atoms with Crippen molar-refractivity contribution in [2.75, 3.05) is 6.61 Å². The van der Waals surface area contributed by atoms with Crippen molar-refractivity contribution in [3.8, 4) is 0 Å². The molecule has 0 aliphatic rings. The summed E-state index contributed by atoms with van der Waals surface area (Å²) in [5.41, 5.74) is 6.66. The lowest BCUT2D eigenvalue weighted by atomic mass is 10.0. The van der Waals surface area contributed by atoms with E-state index in [4.69, 9.17) is 10.5 Å². The van der Waals surface area contributed by atoms with Crippen LogP contribution in [0.5, 0.6) is 0 Å². The predicted molar refractivity (Wildman–Crippen MR) is 74.5 cm³/mol. The van der Waals surface area contributed by atoms with Crippen LogP contribution in [0.3, 0.4) is 0 Å². The molecule has 4 nitrogen and oxygen atoms in total. The second-order valence-electron chi connectivity index (χ2n) is 4.27. The van der Waals surface area contributed by atoms with Crippen molar-refractivity contribution >= 4 is 18.0 Å². The highest BCUT2D eigenvalue weighted by Gasteiger charge is 2.11. The van der Waals surface area contributed by atoms with E-state index >= 15 is 0 Å². The van der Waals surface area contributed by atoms with Gasteiger partial charge in [-0.1, -0.05) is 31.5 Å². The van der Waals surface area contributed by atoms with Gasteiger partial charge in [-0.15, -0.1) is 0 Å². The zero-order chi connectivity index (χ0) is 14.3. The van der Waals surface area contributed by atoms with Crippen LogP contribution in [0.15, 0.2) is 29.8 Å². The van der Waals surface area contributed by atoms with Gasteiger partial charge in [-0.05, 0) is 31.1 Å². The van der Waals surface area contributed by atoms with Crippen molar-refractivity contribution in [3.63, 3.8) is 0 Å². The number of carbonyl (C=O) groups is 2. The van der Waals surface area contributed by atoms with Crippen LogP contribution in [0.2, 0.25) is 0 Å². The average Bonchev–Trinajstić information content (AvgIpc) is 2.39. The molecule has 1 rings (SSSR count). The third-order valence-corrected chi connectivity index (χ3v) is 2.67. The molecule has 2 N–H and O–H groups in total. The van der Waals surface area contributed by atoms with Gasteiger partial charge < -0.3 is 10.5 Å². The van der Waals surface area contributed by atoms with E-state index < -0.39 is 5.91 Å². The number of primary amides is 1. The molecular formula is C15H19NO3. The van der Waals surface area contributed by atoms with E-state index in [0.717, 1.165) is 12.8 Å². The summed E-state index contributed by atoms with van der Waals surface area (Å²) in [5, 5.41) is 0. The lowest BCUT2D eigenvalue weighted by Crippen LogP contribution is -2.12. The standard InChI is InChI=1S/C15H19NO3/c1-3-4-9-19-15(18)13-8-6-5-7-12(13)10-11(2)14(16)17/h5-8,10H,3-4,9H2,1-2H3,(H2,16,17). The summed E-state index contributed by atoms with van der Waals surface area (Å²) >= 11 is 0. The zero-order valence-corrected chi connectivity index (χ0v) is 11.3. The van der Waals surface area contributed by atoms with Crippen molar-refractivity contribution in [1.29, 1.82) is 0 Å². The summed E-state index contributed by atoms with van der Waals surface area (Å²) in [4.78, 5) is 23.0. The second kappa shape index (κ2) is 7.36. The van der Waals surface area contributed by atoms with E-state index in [9.17, 15) is 9.59 Å². The number of ether oxygens (including phenoxy) is 1. The smallest absolute Gasteiger partial charge is 0.338 e. The van der Waals surface area contributed by atoms with Crippen molar-refractivity contribution in [1.82, 2.24) is 0 Å². The fraction of sp³-hybridized carbons (Fsp3) is 0.333. The van der Waals surface area contributed by atoms with Gasteiger partial charge in [-0.2, -0.15) is 0 Å². The number of hydrogen-bond donors (Lipinski definition) is 1. The summed E-state index contributed by atoms with van der Waals surface area (Å²) in [6.45, 7) is 4.05. The van der Waals surface area contributed by atoms with Crippen molar-refractivity contribution in [2.24, 2.45) is 5.73 Å². The Bertz CT molecular complexity index is 492. The molecule has 1 aromatic rings. The number of rotatable bonds is 6. The first-order chi connectivity index (χ1) is 9.06. The van der Waals surface area contributed by atoms with Crippen LogP contribution in [-0.2, 0) is 9.53 Å². The van der Waals surface area contributed by atoms with Crippen LogP contribution in [0, 0.1) is 0 Å². The van der Waals surface area contributed by atoms with Crippen LogP contribution >= 0.6 is 0 Å². The van der Waals surface area contributed by atoms with E-state index in [2.05, 4.69) is 0 Å². The molecule has 0 saturated heterocycles. The van der Waals surface area contributed by atoms with Gasteiger partial charge in [0.05, 0.1) is 12.2 Å². The van der Waals surface area contributed by atoms with Gasteiger partial charge >= 0.3 is 5.97 Å². The lowest BCUT2D eigenvalue weighted by Gasteiger charge is -2.07. The van der Waals surface area contributed by atoms with Gasteiger partial charge in [0.25, 0.3) is 0 Å². The maximum atomic E-state index is 11.9. The molecule has 0 aromatic heterocycles. The molecular weight excluding hydrogens is 242 g/mol. The maximum Gasteiger partial charge on any atom is 0.338 e. The number of hydrogen-bond acceptors (Lipinski definition) is 3. The number of esters is 1. The van der Waals surface area contributed by atoms with Gasteiger partial charge in [0.1, 0.15) is 0 Å². The first-order valence-corrected chi connectivity index (χ1v) is 6.30. The summed E-state index contributed by atoms with van der Waals surface area (Å²) in [7, 11) is 0. The first-order valence-electron chi connectivity index (χ1n) is 6.30. The number of benzene rings is 1. The predicted octanol–water partition coefficient (Wildman–Crippen LogP) is 2.53. The molecule has 1 amide bonds. The minimum Gasteiger partial charge on any atom is -0.462 e. The molecule has 102 valence electrons. The Morgan fingerprint density at radius 2 is 2.00 bits per heavy atom. The molecule has 1 aromatic carbocycles. The normalized spacial score (nSPS) is 11.2. The largest absolute Gasteiger partial charge is 0.462 e. The molecule has 0 saturated carbocycles. The summed E-state index contributed by atoms with van der Waals surface area (Å²) in [5.74, 6) is -0.883. The molecule has 4 heteroatoms. The Hall–Kier alpha value is -2.10. The third kappa shape index (κ3) is 4.58. The highest BCUT2D eigenvalue weighted by atomic mass is 16.5. The molecule has 0 atom stereocenters. The van der Waals surface area contributed by atoms with Crippen molar-refractivity contribution in [2.45, 2.75) is 26.7 Å². The first kappa shape index (κ1) is 15.0. The van der Waals surface area contributed by atoms with Gasteiger partial charge in [0.2, 0.25) is 5.91 Å². The quantitative estimate of drug-likeness (QED) is 0.486. The van der Waals surface area contributed by atoms with Gasteiger partial charge in [-0.3, -0.25) is 4.79 Å². The minimum atomic E-state index is -0.505. The van der Waals surface area contributed by atoms with E-state index in [1.54, 1.807) is 37.3 Å². The molecule has 0 aliphatic heterocycles. The van der Waals surface area contributed by atoms with Crippen LogP contribution in [0.4, 0.5) is 0 Å². The van der Waals surface area contributed by atoms with Gasteiger partial charge in [0, 0.05) is 5.57 Å². The van der Waals surface area contributed by atoms with E-state index in [1.165, 1.54) is 0 Å². The minimum absolute atomic E-state index is 0.377. The summed E-state index contributed by atoms with van der Waals surface area (Å²) in [6, 6.07) is 6.98. The van der Waals surface area contributed by atoms with E-state index in [0.29, 0.717) is 23.3 Å². The number of nitrogens with two attached hydrogens (primary N) is 1. The fourth-order valence-corrected chi connectivity index (χ4v) is 1.50. The molecule has 19 heavy (non-hydrogen) atoms.